The molecule has 6 nitrogen and oxygen atoms in total. The highest BCUT2D eigenvalue weighted by molar-refractivity contribution is 6.03. The minimum atomic E-state index is -0.704. The van der Waals surface area contributed by atoms with E-state index in [2.05, 4.69) is 9.47 Å². The second kappa shape index (κ2) is 6.03. The zero-order valence-corrected chi connectivity index (χ0v) is 9.78. The molecule has 1 fully saturated rings. The van der Waals surface area contributed by atoms with Crippen molar-refractivity contribution in [3.05, 3.63) is 11.1 Å². The van der Waals surface area contributed by atoms with Crippen LogP contribution in [-0.4, -0.2) is 38.7 Å². The highest BCUT2D eigenvalue weighted by atomic mass is 16.5. The first kappa shape index (κ1) is 13.2. The molecule has 0 aromatic carbocycles. The van der Waals surface area contributed by atoms with Gasteiger partial charge in [0, 0.05) is 5.57 Å². The Balaban J connectivity index is 3.02. The molecule has 94 valence electrons. The van der Waals surface area contributed by atoms with Crippen LogP contribution in [0.25, 0.3) is 0 Å². The molecule has 0 atom stereocenters. The largest absolute Gasteiger partial charge is 0.469 e. The fraction of sp³-hybridized carbons (Fsp3) is 0.545. The number of rotatable bonds is 3. The summed E-state index contributed by atoms with van der Waals surface area (Å²) >= 11 is 0. The van der Waals surface area contributed by atoms with E-state index < -0.39 is 17.9 Å². The van der Waals surface area contributed by atoms with Crippen molar-refractivity contribution in [2.45, 2.75) is 19.3 Å². The maximum atomic E-state index is 11.5. The number of carbonyl (C=O) groups is 3. The SMILES string of the molecule is COC(=O)C/C(C(=O)OC)=C1/CCCOC1=O. The van der Waals surface area contributed by atoms with Crippen LogP contribution in [0, 0.1) is 0 Å². The molecule has 0 radical (unpaired) electrons. The van der Waals surface area contributed by atoms with E-state index in [-0.39, 0.29) is 17.6 Å². The Hall–Kier alpha value is -1.85. The molecule has 0 aliphatic carbocycles. The molecule has 0 bridgehead atoms. The second-order valence-electron chi connectivity index (χ2n) is 3.44. The summed E-state index contributed by atoms with van der Waals surface area (Å²) in [7, 11) is 2.40. The van der Waals surface area contributed by atoms with Crippen LogP contribution in [0.5, 0.6) is 0 Å². The maximum Gasteiger partial charge on any atom is 0.334 e. The van der Waals surface area contributed by atoms with E-state index in [1.165, 1.54) is 14.2 Å². The third-order valence-corrected chi connectivity index (χ3v) is 2.40. The number of cyclic esters (lactones) is 1. The van der Waals surface area contributed by atoms with Crippen molar-refractivity contribution in [1.82, 2.24) is 0 Å². The molecule has 1 saturated heterocycles. The van der Waals surface area contributed by atoms with Crippen LogP contribution in [0.1, 0.15) is 19.3 Å². The molecule has 1 heterocycles. The molecule has 6 heteroatoms. The lowest BCUT2D eigenvalue weighted by Gasteiger charge is -2.17. The molecule has 17 heavy (non-hydrogen) atoms. The van der Waals surface area contributed by atoms with E-state index in [4.69, 9.17) is 4.74 Å². The quantitative estimate of drug-likeness (QED) is 0.404. The lowest BCUT2D eigenvalue weighted by molar-refractivity contribution is -0.144. The lowest BCUT2D eigenvalue weighted by Crippen LogP contribution is -2.22. The summed E-state index contributed by atoms with van der Waals surface area (Å²) in [6.45, 7) is 0.328. The summed E-state index contributed by atoms with van der Waals surface area (Å²) in [5.41, 5.74) is 0.220. The van der Waals surface area contributed by atoms with Crippen LogP contribution in [0.3, 0.4) is 0 Å². The van der Waals surface area contributed by atoms with E-state index >= 15 is 0 Å². The summed E-state index contributed by atoms with van der Waals surface area (Å²) < 4.78 is 13.8. The summed E-state index contributed by atoms with van der Waals surface area (Å²) in [6, 6.07) is 0. The Morgan fingerprint density at radius 2 is 2.00 bits per heavy atom. The number of hydrogen-bond acceptors (Lipinski definition) is 6. The van der Waals surface area contributed by atoms with Gasteiger partial charge in [0.1, 0.15) is 0 Å². The minimum absolute atomic E-state index is 0.0176. The van der Waals surface area contributed by atoms with E-state index in [0.717, 1.165) is 0 Å². The van der Waals surface area contributed by atoms with Gasteiger partial charge in [0.2, 0.25) is 0 Å². The molecule has 1 rings (SSSR count). The Kier molecular flexibility index (Phi) is 4.68. The van der Waals surface area contributed by atoms with Gasteiger partial charge in [-0.15, -0.1) is 0 Å². The Labute approximate surface area is 98.5 Å². The normalized spacial score (nSPS) is 18.1. The van der Waals surface area contributed by atoms with Gasteiger partial charge in [-0.25, -0.2) is 9.59 Å². The van der Waals surface area contributed by atoms with Crippen LogP contribution < -0.4 is 0 Å². The van der Waals surface area contributed by atoms with Crippen molar-refractivity contribution >= 4 is 17.9 Å². The van der Waals surface area contributed by atoms with Crippen molar-refractivity contribution in [3.8, 4) is 0 Å². The predicted molar refractivity (Wildman–Crippen MR) is 55.9 cm³/mol. The lowest BCUT2D eigenvalue weighted by atomic mass is 9.99. The Morgan fingerprint density at radius 3 is 2.53 bits per heavy atom. The summed E-state index contributed by atoms with van der Waals surface area (Å²) in [4.78, 5) is 34.2. The van der Waals surface area contributed by atoms with Crippen LogP contribution in [0.4, 0.5) is 0 Å². The summed E-state index contributed by atoms with van der Waals surface area (Å²) in [6.07, 6.45) is 0.747. The number of carbonyl (C=O) groups excluding carboxylic acids is 3. The first-order chi connectivity index (χ1) is 8.10. The third-order valence-electron chi connectivity index (χ3n) is 2.40. The van der Waals surface area contributed by atoms with Gasteiger partial charge in [0.15, 0.2) is 0 Å². The first-order valence-corrected chi connectivity index (χ1v) is 5.14. The van der Waals surface area contributed by atoms with E-state index in [0.29, 0.717) is 19.4 Å². The van der Waals surface area contributed by atoms with Crippen molar-refractivity contribution < 1.29 is 28.6 Å². The average molecular weight is 242 g/mol. The number of methoxy groups -OCH3 is 2. The smallest absolute Gasteiger partial charge is 0.334 e. The van der Waals surface area contributed by atoms with Crippen LogP contribution >= 0.6 is 0 Å². The van der Waals surface area contributed by atoms with Gasteiger partial charge in [-0.05, 0) is 12.8 Å². The van der Waals surface area contributed by atoms with Crippen molar-refractivity contribution in [1.29, 1.82) is 0 Å². The average Bonchev–Trinajstić information content (AvgIpc) is 2.35. The molecule has 0 aromatic heterocycles. The van der Waals surface area contributed by atoms with Crippen LogP contribution in [-0.2, 0) is 28.6 Å². The van der Waals surface area contributed by atoms with Crippen LogP contribution in [0.15, 0.2) is 11.1 Å². The van der Waals surface area contributed by atoms with Crippen molar-refractivity contribution in [2.75, 3.05) is 20.8 Å². The molecular formula is C11H14O6. The number of ether oxygens (including phenoxy) is 3. The first-order valence-electron chi connectivity index (χ1n) is 5.14. The van der Waals surface area contributed by atoms with Gasteiger partial charge in [0.05, 0.1) is 32.8 Å². The third kappa shape index (κ3) is 3.30. The van der Waals surface area contributed by atoms with Gasteiger partial charge in [-0.2, -0.15) is 0 Å². The molecule has 1 aliphatic rings. The van der Waals surface area contributed by atoms with Gasteiger partial charge >= 0.3 is 17.9 Å². The molecule has 0 unspecified atom stereocenters. The molecule has 0 N–H and O–H groups in total. The summed E-state index contributed by atoms with van der Waals surface area (Å²) in [5, 5.41) is 0. The topological polar surface area (TPSA) is 78.9 Å². The summed E-state index contributed by atoms with van der Waals surface area (Å²) in [5.74, 6) is -1.87. The molecule has 1 aliphatic heterocycles. The van der Waals surface area contributed by atoms with Gasteiger partial charge in [-0.3, -0.25) is 4.79 Å². The Morgan fingerprint density at radius 1 is 1.29 bits per heavy atom. The Bertz CT molecular complexity index is 368. The van der Waals surface area contributed by atoms with Gasteiger partial charge in [-0.1, -0.05) is 0 Å². The standard InChI is InChI=1S/C11H14O6/c1-15-9(12)6-8(10(13)16-2)7-4-3-5-17-11(7)14/h3-6H2,1-2H3/b8-7+. The molecule has 0 aromatic rings. The number of hydrogen-bond donors (Lipinski definition) is 0. The molecule has 0 spiro atoms. The molecule has 0 saturated carbocycles. The fourth-order valence-corrected chi connectivity index (χ4v) is 1.52. The minimum Gasteiger partial charge on any atom is -0.469 e. The van der Waals surface area contributed by atoms with Gasteiger partial charge in [0.25, 0.3) is 0 Å². The van der Waals surface area contributed by atoms with Crippen LogP contribution in [0.2, 0.25) is 0 Å². The number of esters is 3. The zero-order valence-electron chi connectivity index (χ0n) is 9.78. The highest BCUT2D eigenvalue weighted by Gasteiger charge is 2.27. The van der Waals surface area contributed by atoms with Gasteiger partial charge < -0.3 is 14.2 Å². The highest BCUT2D eigenvalue weighted by Crippen LogP contribution is 2.21. The van der Waals surface area contributed by atoms with E-state index in [1.54, 1.807) is 0 Å². The monoisotopic (exact) mass is 242 g/mol. The predicted octanol–water partition coefficient (Wildman–Crippen LogP) is 0.356. The molecular weight excluding hydrogens is 228 g/mol. The van der Waals surface area contributed by atoms with E-state index in [9.17, 15) is 14.4 Å². The second-order valence-corrected chi connectivity index (χ2v) is 3.44. The fourth-order valence-electron chi connectivity index (χ4n) is 1.52. The van der Waals surface area contributed by atoms with Crippen molar-refractivity contribution in [2.24, 2.45) is 0 Å². The van der Waals surface area contributed by atoms with Crippen molar-refractivity contribution in [3.63, 3.8) is 0 Å². The van der Waals surface area contributed by atoms with E-state index in [1.807, 2.05) is 0 Å². The maximum absolute atomic E-state index is 11.5. The zero-order chi connectivity index (χ0) is 12.8. The molecule has 0 amide bonds.